The van der Waals surface area contributed by atoms with Crippen LogP contribution in [0.4, 0.5) is 0 Å². The van der Waals surface area contributed by atoms with E-state index in [0.29, 0.717) is 23.9 Å². The van der Waals surface area contributed by atoms with Crippen molar-refractivity contribution >= 4 is 5.91 Å². The molecule has 2 bridgehead atoms. The number of amides is 1. The van der Waals surface area contributed by atoms with Crippen LogP contribution in [0.15, 0.2) is 16.8 Å². The Morgan fingerprint density at radius 3 is 2.76 bits per heavy atom. The van der Waals surface area contributed by atoms with Gasteiger partial charge in [-0.05, 0) is 25.7 Å². The maximum Gasteiger partial charge on any atom is 0.292 e. The van der Waals surface area contributed by atoms with Crippen molar-refractivity contribution < 1.29 is 9.32 Å². The first-order valence-electron chi connectivity index (χ1n) is 6.18. The highest BCUT2D eigenvalue weighted by Gasteiger charge is 2.36. The maximum absolute atomic E-state index is 12.1. The fraction of sp³-hybridized carbons (Fsp3) is 0.667. The summed E-state index contributed by atoms with van der Waals surface area (Å²) in [6, 6.07) is 3.12. The second-order valence-corrected chi connectivity index (χ2v) is 5.06. The Labute approximate surface area is 100 Å². The summed E-state index contributed by atoms with van der Waals surface area (Å²) in [6.07, 6.45) is 6.09. The maximum atomic E-state index is 12.1. The summed E-state index contributed by atoms with van der Waals surface area (Å²) < 4.78 is 4.92. The van der Waals surface area contributed by atoms with Gasteiger partial charge in [0.2, 0.25) is 5.76 Å². The lowest BCUT2D eigenvalue weighted by molar-refractivity contribution is 0.0640. The van der Waals surface area contributed by atoms with E-state index in [0.717, 1.165) is 12.8 Å². The third-order valence-electron chi connectivity index (χ3n) is 3.96. The van der Waals surface area contributed by atoms with Crippen molar-refractivity contribution in [2.45, 2.75) is 43.8 Å². The SMILES string of the molecule is CN(C(=O)c1ccno1)C1CC2CCC(C1)N2. The predicted octanol–water partition coefficient (Wildman–Crippen LogP) is 1.03. The average Bonchev–Trinajstić information content (AvgIpc) is 2.97. The van der Waals surface area contributed by atoms with Gasteiger partial charge in [0.25, 0.3) is 5.91 Å². The highest BCUT2D eigenvalue weighted by atomic mass is 16.5. The number of nitrogens with one attached hydrogen (secondary N) is 1. The number of hydrogen-bond acceptors (Lipinski definition) is 4. The van der Waals surface area contributed by atoms with E-state index < -0.39 is 0 Å². The second kappa shape index (κ2) is 4.14. The van der Waals surface area contributed by atoms with Gasteiger partial charge in [-0.2, -0.15) is 0 Å². The second-order valence-electron chi connectivity index (χ2n) is 5.06. The molecule has 1 aromatic heterocycles. The van der Waals surface area contributed by atoms with Crippen molar-refractivity contribution in [3.05, 3.63) is 18.0 Å². The molecular weight excluding hydrogens is 218 g/mol. The molecule has 17 heavy (non-hydrogen) atoms. The Hall–Kier alpha value is -1.36. The molecule has 3 rings (SSSR count). The van der Waals surface area contributed by atoms with Gasteiger partial charge in [-0.25, -0.2) is 0 Å². The first-order valence-corrected chi connectivity index (χ1v) is 6.18. The van der Waals surface area contributed by atoms with Crippen molar-refractivity contribution in [2.75, 3.05) is 7.05 Å². The molecule has 2 aliphatic rings. The summed E-state index contributed by atoms with van der Waals surface area (Å²) in [5, 5.41) is 7.15. The zero-order chi connectivity index (χ0) is 11.8. The quantitative estimate of drug-likeness (QED) is 0.831. The van der Waals surface area contributed by atoms with Gasteiger partial charge < -0.3 is 14.7 Å². The van der Waals surface area contributed by atoms with Gasteiger partial charge >= 0.3 is 0 Å². The number of fused-ring (bicyclic) bond motifs is 2. The largest absolute Gasteiger partial charge is 0.351 e. The van der Waals surface area contributed by atoms with E-state index in [2.05, 4.69) is 10.5 Å². The number of carbonyl (C=O) groups excluding carboxylic acids is 1. The molecule has 0 aromatic carbocycles. The van der Waals surface area contributed by atoms with E-state index in [9.17, 15) is 4.79 Å². The van der Waals surface area contributed by atoms with E-state index in [4.69, 9.17) is 4.52 Å². The molecule has 5 nitrogen and oxygen atoms in total. The number of nitrogens with zero attached hydrogens (tertiary/aromatic N) is 2. The van der Waals surface area contributed by atoms with Crippen LogP contribution in [0.25, 0.3) is 0 Å². The topological polar surface area (TPSA) is 58.4 Å². The summed E-state index contributed by atoms with van der Waals surface area (Å²) in [7, 11) is 1.86. The normalized spacial score (nSPS) is 31.5. The third-order valence-corrected chi connectivity index (χ3v) is 3.96. The zero-order valence-corrected chi connectivity index (χ0v) is 9.93. The Kier molecular flexibility index (Phi) is 2.63. The Balaban J connectivity index is 1.70. The van der Waals surface area contributed by atoms with Gasteiger partial charge in [0.15, 0.2) is 0 Å². The lowest BCUT2D eigenvalue weighted by atomic mass is 9.98. The fourth-order valence-electron chi connectivity index (χ4n) is 3.01. The minimum absolute atomic E-state index is 0.0613. The van der Waals surface area contributed by atoms with Gasteiger partial charge in [0.05, 0.1) is 6.20 Å². The Morgan fingerprint density at radius 1 is 1.47 bits per heavy atom. The van der Waals surface area contributed by atoms with Crippen LogP contribution in [-0.4, -0.2) is 41.1 Å². The van der Waals surface area contributed by atoms with Crippen LogP contribution in [-0.2, 0) is 0 Å². The number of carbonyl (C=O) groups is 1. The van der Waals surface area contributed by atoms with Crippen LogP contribution in [0.5, 0.6) is 0 Å². The van der Waals surface area contributed by atoms with Crippen LogP contribution < -0.4 is 5.32 Å². The lowest BCUT2D eigenvalue weighted by Crippen LogP contribution is -2.48. The molecule has 0 aliphatic carbocycles. The molecule has 0 spiro atoms. The summed E-state index contributed by atoms with van der Waals surface area (Å²) in [5.74, 6) is 0.271. The minimum atomic E-state index is -0.0613. The molecule has 1 amide bonds. The molecule has 0 radical (unpaired) electrons. The molecule has 2 saturated heterocycles. The molecule has 2 atom stereocenters. The molecule has 2 fully saturated rings. The van der Waals surface area contributed by atoms with Gasteiger partial charge in [-0.15, -0.1) is 0 Å². The van der Waals surface area contributed by atoms with E-state index in [1.54, 1.807) is 6.07 Å². The molecule has 0 saturated carbocycles. The number of piperidine rings is 1. The zero-order valence-electron chi connectivity index (χ0n) is 9.93. The fourth-order valence-corrected chi connectivity index (χ4v) is 3.01. The monoisotopic (exact) mass is 235 g/mol. The molecule has 2 unspecified atom stereocenters. The van der Waals surface area contributed by atoms with E-state index in [1.165, 1.54) is 19.0 Å². The van der Waals surface area contributed by atoms with Gasteiger partial charge in [0, 0.05) is 31.2 Å². The first-order chi connectivity index (χ1) is 8.24. The smallest absolute Gasteiger partial charge is 0.292 e. The summed E-state index contributed by atoms with van der Waals surface area (Å²) in [4.78, 5) is 13.9. The van der Waals surface area contributed by atoms with Crippen molar-refractivity contribution in [2.24, 2.45) is 0 Å². The minimum Gasteiger partial charge on any atom is -0.351 e. The standard InChI is InChI=1S/C12H17N3O2/c1-15(12(16)11-4-5-13-17-11)10-6-8-2-3-9(7-10)14-8/h4-5,8-10,14H,2-3,6-7H2,1H3. The molecule has 92 valence electrons. The number of aromatic nitrogens is 1. The summed E-state index contributed by atoms with van der Waals surface area (Å²) >= 11 is 0. The first kappa shape index (κ1) is 10.8. The van der Waals surface area contributed by atoms with Gasteiger partial charge in [0.1, 0.15) is 0 Å². The van der Waals surface area contributed by atoms with Crippen molar-refractivity contribution in [1.29, 1.82) is 0 Å². The van der Waals surface area contributed by atoms with Crippen molar-refractivity contribution in [3.8, 4) is 0 Å². The van der Waals surface area contributed by atoms with Crippen molar-refractivity contribution in [3.63, 3.8) is 0 Å². The molecule has 1 aromatic rings. The lowest BCUT2D eigenvalue weighted by Gasteiger charge is -2.35. The van der Waals surface area contributed by atoms with E-state index in [-0.39, 0.29) is 5.91 Å². The Bertz CT molecular complexity index is 392. The molecule has 3 heterocycles. The molecular formula is C12H17N3O2. The highest BCUT2D eigenvalue weighted by Crippen LogP contribution is 2.29. The van der Waals surface area contributed by atoms with E-state index in [1.807, 2.05) is 11.9 Å². The average molecular weight is 235 g/mol. The van der Waals surface area contributed by atoms with Crippen LogP contribution in [0.1, 0.15) is 36.2 Å². The predicted molar refractivity (Wildman–Crippen MR) is 61.6 cm³/mol. The van der Waals surface area contributed by atoms with Crippen LogP contribution >= 0.6 is 0 Å². The van der Waals surface area contributed by atoms with E-state index >= 15 is 0 Å². The van der Waals surface area contributed by atoms with Crippen LogP contribution in [0.3, 0.4) is 0 Å². The molecule has 2 aliphatic heterocycles. The molecule has 1 N–H and O–H groups in total. The number of hydrogen-bond donors (Lipinski definition) is 1. The summed E-state index contributed by atoms with van der Waals surface area (Å²) in [6.45, 7) is 0. The number of rotatable bonds is 2. The summed E-state index contributed by atoms with van der Waals surface area (Å²) in [5.41, 5.74) is 0. The van der Waals surface area contributed by atoms with Gasteiger partial charge in [-0.3, -0.25) is 4.79 Å². The van der Waals surface area contributed by atoms with Gasteiger partial charge in [-0.1, -0.05) is 5.16 Å². The Morgan fingerprint density at radius 2 is 2.18 bits per heavy atom. The highest BCUT2D eigenvalue weighted by molar-refractivity contribution is 5.91. The van der Waals surface area contributed by atoms with Crippen LogP contribution in [0.2, 0.25) is 0 Å². The molecule has 5 heteroatoms. The van der Waals surface area contributed by atoms with Crippen LogP contribution in [0, 0.1) is 0 Å². The van der Waals surface area contributed by atoms with Crippen molar-refractivity contribution in [1.82, 2.24) is 15.4 Å². The third kappa shape index (κ3) is 1.95.